The minimum absolute atomic E-state index is 0.465. The first-order valence-corrected chi connectivity index (χ1v) is 7.63. The van der Waals surface area contributed by atoms with Crippen molar-refractivity contribution >= 4 is 0 Å². The van der Waals surface area contributed by atoms with Crippen LogP contribution >= 0.6 is 0 Å². The van der Waals surface area contributed by atoms with Crippen LogP contribution in [0.25, 0.3) is 0 Å². The molecule has 0 aliphatic carbocycles. The molecule has 1 heterocycles. The predicted molar refractivity (Wildman–Crippen MR) is 82.4 cm³/mol. The van der Waals surface area contributed by atoms with Crippen molar-refractivity contribution in [1.82, 2.24) is 10.2 Å². The van der Waals surface area contributed by atoms with Gasteiger partial charge in [-0.1, -0.05) is 29.8 Å². The van der Waals surface area contributed by atoms with E-state index in [-0.39, 0.29) is 0 Å². The zero-order valence-corrected chi connectivity index (χ0v) is 12.7. The Balaban J connectivity index is 1.69. The van der Waals surface area contributed by atoms with Crippen LogP contribution in [0.5, 0.6) is 0 Å². The summed E-state index contributed by atoms with van der Waals surface area (Å²) in [4.78, 5) is 2.44. The summed E-state index contributed by atoms with van der Waals surface area (Å²) in [7, 11) is 2.23. The number of benzene rings is 1. The molecule has 1 aliphatic rings. The van der Waals surface area contributed by atoms with Gasteiger partial charge in [-0.3, -0.25) is 0 Å². The van der Waals surface area contributed by atoms with Crippen molar-refractivity contribution < 1.29 is 0 Å². The SMILES string of the molecule is Cc1ccc(C(C)NCCC2CCN(C)CC2)cc1. The lowest BCUT2D eigenvalue weighted by Crippen LogP contribution is -2.32. The second-order valence-corrected chi connectivity index (χ2v) is 6.12. The fraction of sp³-hybridized carbons (Fsp3) is 0.647. The van der Waals surface area contributed by atoms with Gasteiger partial charge in [0.25, 0.3) is 0 Å². The molecular formula is C17H28N2. The van der Waals surface area contributed by atoms with Gasteiger partial charge in [0.2, 0.25) is 0 Å². The number of hydrogen-bond donors (Lipinski definition) is 1. The first kappa shape index (κ1) is 14.5. The van der Waals surface area contributed by atoms with Crippen molar-refractivity contribution in [2.24, 2.45) is 5.92 Å². The molecule has 2 heteroatoms. The van der Waals surface area contributed by atoms with E-state index in [1.165, 1.54) is 43.5 Å². The zero-order valence-electron chi connectivity index (χ0n) is 12.7. The molecule has 1 unspecified atom stereocenters. The molecule has 1 saturated heterocycles. The topological polar surface area (TPSA) is 15.3 Å². The average Bonchev–Trinajstić information content (AvgIpc) is 2.41. The first-order chi connectivity index (χ1) is 9.15. The minimum atomic E-state index is 0.465. The maximum atomic E-state index is 3.66. The van der Waals surface area contributed by atoms with Crippen molar-refractivity contribution in [1.29, 1.82) is 0 Å². The summed E-state index contributed by atoms with van der Waals surface area (Å²) in [6, 6.07) is 9.34. The molecule has 0 radical (unpaired) electrons. The van der Waals surface area contributed by atoms with E-state index < -0.39 is 0 Å². The molecule has 2 rings (SSSR count). The van der Waals surface area contributed by atoms with E-state index in [9.17, 15) is 0 Å². The van der Waals surface area contributed by atoms with Gasteiger partial charge in [-0.05, 0) is 71.3 Å². The molecule has 0 bridgehead atoms. The quantitative estimate of drug-likeness (QED) is 0.873. The second kappa shape index (κ2) is 7.06. The maximum Gasteiger partial charge on any atom is 0.0291 e. The van der Waals surface area contributed by atoms with E-state index in [4.69, 9.17) is 0 Å². The van der Waals surface area contributed by atoms with Crippen molar-refractivity contribution in [3.63, 3.8) is 0 Å². The van der Waals surface area contributed by atoms with E-state index in [1.807, 2.05) is 0 Å². The van der Waals surface area contributed by atoms with Crippen LogP contribution in [0.3, 0.4) is 0 Å². The molecule has 1 fully saturated rings. The highest BCUT2D eigenvalue weighted by Crippen LogP contribution is 2.19. The highest BCUT2D eigenvalue weighted by atomic mass is 15.1. The Labute approximate surface area is 118 Å². The number of likely N-dealkylation sites (tertiary alicyclic amines) is 1. The summed E-state index contributed by atoms with van der Waals surface area (Å²) in [5.74, 6) is 0.925. The zero-order chi connectivity index (χ0) is 13.7. The number of piperidine rings is 1. The van der Waals surface area contributed by atoms with Crippen molar-refractivity contribution in [2.75, 3.05) is 26.7 Å². The Bertz CT molecular complexity index is 363. The van der Waals surface area contributed by atoms with Crippen LogP contribution < -0.4 is 5.32 Å². The van der Waals surface area contributed by atoms with Gasteiger partial charge < -0.3 is 10.2 Å². The number of hydrogen-bond acceptors (Lipinski definition) is 2. The van der Waals surface area contributed by atoms with E-state index in [2.05, 4.69) is 55.4 Å². The summed E-state index contributed by atoms with van der Waals surface area (Å²) < 4.78 is 0. The maximum absolute atomic E-state index is 3.66. The molecule has 2 nitrogen and oxygen atoms in total. The fourth-order valence-electron chi connectivity index (χ4n) is 2.83. The summed E-state index contributed by atoms with van der Waals surface area (Å²) in [6.07, 6.45) is 4.07. The van der Waals surface area contributed by atoms with Gasteiger partial charge in [0.05, 0.1) is 0 Å². The lowest BCUT2D eigenvalue weighted by Gasteiger charge is -2.29. The summed E-state index contributed by atoms with van der Waals surface area (Å²) in [5.41, 5.74) is 2.73. The fourth-order valence-corrected chi connectivity index (χ4v) is 2.83. The van der Waals surface area contributed by atoms with Gasteiger partial charge in [0.15, 0.2) is 0 Å². The largest absolute Gasteiger partial charge is 0.310 e. The average molecular weight is 260 g/mol. The number of nitrogens with zero attached hydrogens (tertiary/aromatic N) is 1. The molecule has 1 aromatic rings. The van der Waals surface area contributed by atoms with Crippen molar-refractivity contribution in [3.05, 3.63) is 35.4 Å². The highest BCUT2D eigenvalue weighted by Gasteiger charge is 2.16. The molecule has 1 N–H and O–H groups in total. The Kier molecular flexibility index (Phi) is 5.41. The molecule has 19 heavy (non-hydrogen) atoms. The van der Waals surface area contributed by atoms with Crippen LogP contribution in [-0.2, 0) is 0 Å². The lowest BCUT2D eigenvalue weighted by atomic mass is 9.93. The Morgan fingerprint density at radius 3 is 2.47 bits per heavy atom. The Hall–Kier alpha value is -0.860. The lowest BCUT2D eigenvalue weighted by molar-refractivity contribution is 0.211. The van der Waals surface area contributed by atoms with E-state index >= 15 is 0 Å². The van der Waals surface area contributed by atoms with Crippen LogP contribution in [0.2, 0.25) is 0 Å². The molecule has 106 valence electrons. The monoisotopic (exact) mass is 260 g/mol. The van der Waals surface area contributed by atoms with E-state index in [0.29, 0.717) is 6.04 Å². The standard InChI is InChI=1S/C17H28N2/c1-14-4-6-17(7-5-14)15(2)18-11-8-16-9-12-19(3)13-10-16/h4-7,15-16,18H,8-13H2,1-3H3. The van der Waals surface area contributed by atoms with Crippen LogP contribution in [-0.4, -0.2) is 31.6 Å². The summed E-state index contributed by atoms with van der Waals surface area (Å²) >= 11 is 0. The van der Waals surface area contributed by atoms with Crippen LogP contribution in [0, 0.1) is 12.8 Å². The highest BCUT2D eigenvalue weighted by molar-refractivity contribution is 5.23. The number of nitrogens with one attached hydrogen (secondary N) is 1. The van der Waals surface area contributed by atoms with Crippen molar-refractivity contribution in [2.45, 2.75) is 39.2 Å². The third-order valence-electron chi connectivity index (χ3n) is 4.42. The van der Waals surface area contributed by atoms with Gasteiger partial charge in [0.1, 0.15) is 0 Å². The Morgan fingerprint density at radius 1 is 1.21 bits per heavy atom. The van der Waals surface area contributed by atoms with Gasteiger partial charge in [-0.25, -0.2) is 0 Å². The third-order valence-corrected chi connectivity index (χ3v) is 4.42. The van der Waals surface area contributed by atoms with Gasteiger partial charge in [-0.15, -0.1) is 0 Å². The van der Waals surface area contributed by atoms with Gasteiger partial charge >= 0.3 is 0 Å². The van der Waals surface area contributed by atoms with Crippen LogP contribution in [0.4, 0.5) is 0 Å². The molecular weight excluding hydrogens is 232 g/mol. The third kappa shape index (κ3) is 4.63. The Morgan fingerprint density at radius 2 is 1.84 bits per heavy atom. The van der Waals surface area contributed by atoms with Crippen LogP contribution in [0.15, 0.2) is 24.3 Å². The summed E-state index contributed by atoms with van der Waals surface area (Å²) in [5, 5.41) is 3.66. The van der Waals surface area contributed by atoms with Gasteiger partial charge in [0, 0.05) is 6.04 Å². The normalized spacial score (nSPS) is 19.5. The molecule has 1 atom stereocenters. The summed E-state index contributed by atoms with van der Waals surface area (Å²) in [6.45, 7) is 8.10. The molecule has 0 amide bonds. The molecule has 1 aromatic carbocycles. The second-order valence-electron chi connectivity index (χ2n) is 6.12. The van der Waals surface area contributed by atoms with Gasteiger partial charge in [-0.2, -0.15) is 0 Å². The number of aryl methyl sites for hydroxylation is 1. The van der Waals surface area contributed by atoms with E-state index in [0.717, 1.165) is 12.5 Å². The smallest absolute Gasteiger partial charge is 0.0291 e. The van der Waals surface area contributed by atoms with Crippen molar-refractivity contribution in [3.8, 4) is 0 Å². The molecule has 0 aromatic heterocycles. The van der Waals surface area contributed by atoms with Crippen LogP contribution in [0.1, 0.15) is 43.4 Å². The van der Waals surface area contributed by atoms with E-state index in [1.54, 1.807) is 0 Å². The molecule has 0 saturated carbocycles. The first-order valence-electron chi connectivity index (χ1n) is 7.63. The minimum Gasteiger partial charge on any atom is -0.310 e. The molecule has 1 aliphatic heterocycles. The predicted octanol–water partition coefficient (Wildman–Crippen LogP) is 3.38. The molecule has 0 spiro atoms. The number of rotatable bonds is 5.